The summed E-state index contributed by atoms with van der Waals surface area (Å²) in [4.78, 5) is 22.0. The average Bonchev–Trinajstić information content (AvgIpc) is 3.32. The van der Waals surface area contributed by atoms with E-state index in [2.05, 4.69) is 20.6 Å². The fourth-order valence-electron chi connectivity index (χ4n) is 2.61. The molecule has 25 heavy (non-hydrogen) atoms. The Hall–Kier alpha value is -2.18. The molecule has 2 N–H and O–H groups in total. The monoisotopic (exact) mass is 372 g/mol. The van der Waals surface area contributed by atoms with E-state index in [0.29, 0.717) is 23.9 Å². The van der Waals surface area contributed by atoms with Gasteiger partial charge < -0.3 is 10.6 Å². The summed E-state index contributed by atoms with van der Waals surface area (Å²) in [6.07, 6.45) is 2.03. The maximum atomic E-state index is 11.7. The smallest absolute Gasteiger partial charge is 0.223 e. The number of carbonyl (C=O) groups is 1. The standard InChI is InChI=1S/C18H17ClN4OS/c19-12-5-6-13-14(10-12)22-17(15-2-1-9-25-15)23-16(13)20-7-8-21-18(24)11-3-4-11/h1-2,5-6,9-11H,3-4,7-8H2,(H,21,24)(H,20,22,23). The maximum absolute atomic E-state index is 11.7. The summed E-state index contributed by atoms with van der Waals surface area (Å²) in [6.45, 7) is 1.18. The van der Waals surface area contributed by atoms with E-state index in [4.69, 9.17) is 11.6 Å². The van der Waals surface area contributed by atoms with Crippen LogP contribution < -0.4 is 10.6 Å². The minimum absolute atomic E-state index is 0.153. The van der Waals surface area contributed by atoms with Gasteiger partial charge in [-0.15, -0.1) is 11.3 Å². The molecule has 3 aromatic rings. The Morgan fingerprint density at radius 1 is 1.24 bits per heavy atom. The second-order valence-electron chi connectivity index (χ2n) is 6.03. The number of aromatic nitrogens is 2. The fraction of sp³-hybridized carbons (Fsp3) is 0.278. The van der Waals surface area contributed by atoms with Crippen molar-refractivity contribution in [3.63, 3.8) is 0 Å². The number of hydrogen-bond acceptors (Lipinski definition) is 5. The van der Waals surface area contributed by atoms with Crippen LogP contribution in [0.4, 0.5) is 5.82 Å². The van der Waals surface area contributed by atoms with Crippen molar-refractivity contribution >= 4 is 45.6 Å². The summed E-state index contributed by atoms with van der Waals surface area (Å²) in [5.41, 5.74) is 0.801. The molecule has 4 rings (SSSR count). The summed E-state index contributed by atoms with van der Waals surface area (Å²) in [5.74, 6) is 1.81. The topological polar surface area (TPSA) is 66.9 Å². The zero-order valence-electron chi connectivity index (χ0n) is 13.5. The minimum atomic E-state index is 0.153. The Kier molecular flexibility index (Phi) is 4.55. The number of nitrogens with zero attached hydrogens (tertiary/aromatic N) is 2. The third kappa shape index (κ3) is 3.75. The number of benzene rings is 1. The van der Waals surface area contributed by atoms with Crippen LogP contribution in [0.5, 0.6) is 0 Å². The van der Waals surface area contributed by atoms with E-state index in [1.807, 2.05) is 35.7 Å². The normalized spacial score (nSPS) is 13.8. The van der Waals surface area contributed by atoms with Crippen molar-refractivity contribution in [1.82, 2.24) is 15.3 Å². The van der Waals surface area contributed by atoms with Crippen molar-refractivity contribution < 1.29 is 4.79 Å². The van der Waals surface area contributed by atoms with Gasteiger partial charge in [-0.2, -0.15) is 0 Å². The fourth-order valence-corrected chi connectivity index (χ4v) is 3.43. The molecule has 7 heteroatoms. The number of hydrogen-bond donors (Lipinski definition) is 2. The van der Waals surface area contributed by atoms with E-state index in [1.165, 1.54) is 0 Å². The van der Waals surface area contributed by atoms with Gasteiger partial charge in [0.1, 0.15) is 5.82 Å². The van der Waals surface area contributed by atoms with Crippen LogP contribution in [0.2, 0.25) is 5.02 Å². The molecule has 0 radical (unpaired) electrons. The highest BCUT2D eigenvalue weighted by Crippen LogP contribution is 2.29. The molecule has 2 heterocycles. The Morgan fingerprint density at radius 3 is 2.88 bits per heavy atom. The molecule has 1 aliphatic rings. The van der Waals surface area contributed by atoms with Crippen LogP contribution in [-0.4, -0.2) is 29.0 Å². The highest BCUT2D eigenvalue weighted by Gasteiger charge is 2.28. The Morgan fingerprint density at radius 2 is 2.12 bits per heavy atom. The van der Waals surface area contributed by atoms with E-state index in [1.54, 1.807) is 11.3 Å². The lowest BCUT2D eigenvalue weighted by atomic mass is 10.2. The lowest BCUT2D eigenvalue weighted by molar-refractivity contribution is -0.122. The van der Waals surface area contributed by atoms with Crippen molar-refractivity contribution in [2.75, 3.05) is 18.4 Å². The second kappa shape index (κ2) is 6.98. The Labute approximate surface area is 154 Å². The van der Waals surface area contributed by atoms with Crippen molar-refractivity contribution in [2.24, 2.45) is 5.92 Å². The van der Waals surface area contributed by atoms with Gasteiger partial charge in [0.25, 0.3) is 0 Å². The Bertz CT molecular complexity index is 909. The molecular formula is C18H17ClN4OS. The summed E-state index contributed by atoms with van der Waals surface area (Å²) >= 11 is 7.72. The number of anilines is 1. The van der Waals surface area contributed by atoms with Gasteiger partial charge >= 0.3 is 0 Å². The highest BCUT2D eigenvalue weighted by molar-refractivity contribution is 7.13. The molecular weight excluding hydrogens is 356 g/mol. The largest absolute Gasteiger partial charge is 0.368 e. The molecule has 0 unspecified atom stereocenters. The number of fused-ring (bicyclic) bond motifs is 1. The average molecular weight is 373 g/mol. The third-order valence-corrected chi connectivity index (χ3v) is 5.17. The van der Waals surface area contributed by atoms with Gasteiger partial charge in [-0.05, 0) is 42.5 Å². The third-order valence-electron chi connectivity index (χ3n) is 4.07. The number of halogens is 1. The van der Waals surface area contributed by atoms with E-state index in [0.717, 1.165) is 34.4 Å². The van der Waals surface area contributed by atoms with Crippen LogP contribution in [0, 0.1) is 5.92 Å². The van der Waals surface area contributed by atoms with Crippen molar-refractivity contribution in [1.29, 1.82) is 0 Å². The molecule has 1 aliphatic carbocycles. The number of thiophene rings is 1. The molecule has 128 valence electrons. The molecule has 0 spiro atoms. The van der Waals surface area contributed by atoms with Crippen molar-refractivity contribution in [3.8, 4) is 10.7 Å². The molecule has 0 atom stereocenters. The predicted molar refractivity (Wildman–Crippen MR) is 102 cm³/mol. The van der Waals surface area contributed by atoms with Crippen LogP contribution in [0.15, 0.2) is 35.7 Å². The zero-order valence-corrected chi connectivity index (χ0v) is 15.0. The number of amides is 1. The maximum Gasteiger partial charge on any atom is 0.223 e. The summed E-state index contributed by atoms with van der Waals surface area (Å²) in [6, 6.07) is 9.57. The van der Waals surface area contributed by atoms with Gasteiger partial charge in [0.05, 0.1) is 10.4 Å². The highest BCUT2D eigenvalue weighted by atomic mass is 35.5. The number of nitrogens with one attached hydrogen (secondary N) is 2. The first-order valence-electron chi connectivity index (χ1n) is 8.23. The molecule has 1 saturated carbocycles. The second-order valence-corrected chi connectivity index (χ2v) is 7.41. The van der Waals surface area contributed by atoms with Crippen LogP contribution in [-0.2, 0) is 4.79 Å². The first-order chi connectivity index (χ1) is 12.2. The van der Waals surface area contributed by atoms with Gasteiger partial charge in [-0.25, -0.2) is 9.97 Å². The molecule has 0 bridgehead atoms. The summed E-state index contributed by atoms with van der Waals surface area (Å²) in [7, 11) is 0. The van der Waals surface area contributed by atoms with Crippen LogP contribution in [0.3, 0.4) is 0 Å². The van der Waals surface area contributed by atoms with Crippen molar-refractivity contribution in [2.45, 2.75) is 12.8 Å². The van der Waals surface area contributed by atoms with E-state index in [-0.39, 0.29) is 11.8 Å². The zero-order chi connectivity index (χ0) is 17.2. The minimum Gasteiger partial charge on any atom is -0.368 e. The lowest BCUT2D eigenvalue weighted by Gasteiger charge is -2.11. The van der Waals surface area contributed by atoms with Crippen molar-refractivity contribution in [3.05, 3.63) is 40.7 Å². The Balaban J connectivity index is 1.56. The molecule has 0 saturated heterocycles. The van der Waals surface area contributed by atoms with Gasteiger partial charge in [0, 0.05) is 29.4 Å². The SMILES string of the molecule is O=C(NCCNc1nc(-c2cccs2)nc2cc(Cl)ccc12)C1CC1. The van der Waals surface area contributed by atoms with Gasteiger partial charge in [0.15, 0.2) is 5.82 Å². The van der Waals surface area contributed by atoms with Crippen LogP contribution >= 0.6 is 22.9 Å². The van der Waals surface area contributed by atoms with Crippen LogP contribution in [0.25, 0.3) is 21.6 Å². The van der Waals surface area contributed by atoms with Gasteiger partial charge in [-0.1, -0.05) is 17.7 Å². The first-order valence-corrected chi connectivity index (χ1v) is 9.49. The quantitative estimate of drug-likeness (QED) is 0.643. The van der Waals surface area contributed by atoms with E-state index < -0.39 is 0 Å². The molecule has 5 nitrogen and oxygen atoms in total. The molecule has 1 aromatic carbocycles. The molecule has 2 aromatic heterocycles. The lowest BCUT2D eigenvalue weighted by Crippen LogP contribution is -2.30. The summed E-state index contributed by atoms with van der Waals surface area (Å²) in [5, 5.41) is 9.83. The molecule has 1 fully saturated rings. The van der Waals surface area contributed by atoms with E-state index >= 15 is 0 Å². The predicted octanol–water partition coefficient (Wildman–Crippen LogP) is 3.95. The van der Waals surface area contributed by atoms with Crippen LogP contribution in [0.1, 0.15) is 12.8 Å². The molecule has 0 aliphatic heterocycles. The number of rotatable bonds is 6. The van der Waals surface area contributed by atoms with Gasteiger partial charge in [0.2, 0.25) is 5.91 Å². The van der Waals surface area contributed by atoms with Gasteiger partial charge in [-0.3, -0.25) is 4.79 Å². The first kappa shape index (κ1) is 16.3. The van der Waals surface area contributed by atoms with E-state index in [9.17, 15) is 4.79 Å². The summed E-state index contributed by atoms with van der Waals surface area (Å²) < 4.78 is 0. The molecule has 1 amide bonds. The number of carbonyl (C=O) groups excluding carboxylic acids is 1.